The molecule has 2 aromatic carbocycles. The number of carbonyl (C=O) groups is 2. The zero-order valence-electron chi connectivity index (χ0n) is 23.2. The second-order valence-electron chi connectivity index (χ2n) is 10.6. The van der Waals surface area contributed by atoms with Gasteiger partial charge in [-0.15, -0.1) is 0 Å². The van der Waals surface area contributed by atoms with Gasteiger partial charge in [-0.3, -0.25) is 9.59 Å². The number of aliphatic hydroxyl groups is 1. The molecule has 1 aromatic heterocycles. The number of hydrogen-bond acceptors (Lipinski definition) is 6. The number of para-hydroxylation sites is 1. The van der Waals surface area contributed by atoms with Crippen molar-refractivity contribution in [2.45, 2.75) is 50.4 Å². The third-order valence-corrected chi connectivity index (χ3v) is 8.22. The normalized spacial score (nSPS) is 19.6. The fourth-order valence-corrected chi connectivity index (χ4v) is 6.15. The lowest BCUT2D eigenvalue weighted by molar-refractivity contribution is -0.139. The van der Waals surface area contributed by atoms with Crippen LogP contribution in [0.3, 0.4) is 0 Å². The van der Waals surface area contributed by atoms with Crippen molar-refractivity contribution in [3.8, 4) is 17.2 Å². The van der Waals surface area contributed by atoms with Crippen molar-refractivity contribution >= 4 is 23.5 Å². The third-order valence-electron chi connectivity index (χ3n) is 7.98. The smallest absolute Gasteiger partial charge is 0.303 e. The highest BCUT2D eigenvalue weighted by atomic mass is 35.5. The monoisotopic (exact) mass is 582 g/mol. The minimum Gasteiger partial charge on any atom is -0.493 e. The summed E-state index contributed by atoms with van der Waals surface area (Å²) in [6.07, 6.45) is 1.40. The van der Waals surface area contributed by atoms with Gasteiger partial charge in [0.2, 0.25) is 5.91 Å². The Morgan fingerprint density at radius 2 is 1.85 bits per heavy atom. The van der Waals surface area contributed by atoms with Crippen molar-refractivity contribution < 1.29 is 34.0 Å². The lowest BCUT2D eigenvalue weighted by Gasteiger charge is -2.32. The van der Waals surface area contributed by atoms with E-state index < -0.39 is 24.3 Å². The molecular weight excluding hydrogens is 548 g/mol. The summed E-state index contributed by atoms with van der Waals surface area (Å²) < 4.78 is 20.1. The molecule has 0 bridgehead atoms. The highest BCUT2D eigenvalue weighted by Crippen LogP contribution is 2.46. The second-order valence-corrected chi connectivity index (χ2v) is 11.0. The number of amides is 1. The van der Waals surface area contributed by atoms with Crippen LogP contribution in [0.2, 0.25) is 5.02 Å². The first-order valence-corrected chi connectivity index (χ1v) is 14.2. The van der Waals surface area contributed by atoms with E-state index in [1.807, 2.05) is 59.3 Å². The number of ether oxygens (including phenoxy) is 3. The maximum atomic E-state index is 13.1. The number of aliphatic hydroxyl groups excluding tert-OH is 1. The van der Waals surface area contributed by atoms with E-state index in [0.717, 1.165) is 22.5 Å². The fraction of sp³-hybridized carbons (Fsp3) is 0.419. The van der Waals surface area contributed by atoms with E-state index in [2.05, 4.69) is 0 Å². The summed E-state index contributed by atoms with van der Waals surface area (Å²) in [5.74, 6) is 0.229. The molecule has 1 amide bonds. The molecule has 218 valence electrons. The molecule has 9 nitrogen and oxygen atoms in total. The van der Waals surface area contributed by atoms with Gasteiger partial charge in [-0.2, -0.15) is 0 Å². The van der Waals surface area contributed by atoms with Crippen LogP contribution in [0.4, 0.5) is 0 Å². The summed E-state index contributed by atoms with van der Waals surface area (Å²) in [5.41, 5.74) is 3.32. The predicted molar refractivity (Wildman–Crippen MR) is 153 cm³/mol. The van der Waals surface area contributed by atoms with Gasteiger partial charge in [-0.05, 0) is 55.2 Å². The van der Waals surface area contributed by atoms with E-state index >= 15 is 0 Å². The molecule has 0 saturated carbocycles. The van der Waals surface area contributed by atoms with E-state index in [-0.39, 0.29) is 31.1 Å². The molecule has 0 radical (unpaired) electrons. The number of carbonyl (C=O) groups excluding carboxylic acids is 1. The average Bonchev–Trinajstić information content (AvgIpc) is 3.40. The average molecular weight is 583 g/mol. The van der Waals surface area contributed by atoms with Gasteiger partial charge >= 0.3 is 5.97 Å². The largest absolute Gasteiger partial charge is 0.493 e. The minimum atomic E-state index is -0.953. The Kier molecular flexibility index (Phi) is 8.87. The molecule has 3 atom stereocenters. The van der Waals surface area contributed by atoms with E-state index in [1.54, 1.807) is 19.1 Å². The van der Waals surface area contributed by atoms with Crippen LogP contribution in [0.25, 0.3) is 5.69 Å². The molecule has 1 saturated heterocycles. The molecule has 3 aromatic rings. The van der Waals surface area contributed by atoms with Crippen molar-refractivity contribution in [3.63, 3.8) is 0 Å². The molecule has 41 heavy (non-hydrogen) atoms. The van der Waals surface area contributed by atoms with Gasteiger partial charge in [-0.1, -0.05) is 23.7 Å². The van der Waals surface area contributed by atoms with Gasteiger partial charge in [0.25, 0.3) is 0 Å². The zero-order chi connectivity index (χ0) is 29.1. The highest BCUT2D eigenvalue weighted by Gasteiger charge is 2.35. The number of nitrogens with zero attached hydrogens (tertiary/aromatic N) is 2. The summed E-state index contributed by atoms with van der Waals surface area (Å²) in [6.45, 7) is 1.00. The highest BCUT2D eigenvalue weighted by molar-refractivity contribution is 6.30. The Labute approximate surface area is 244 Å². The Balaban J connectivity index is 1.40. The molecule has 2 N–H and O–H groups in total. The van der Waals surface area contributed by atoms with Crippen molar-refractivity contribution in [2.24, 2.45) is 5.92 Å². The summed E-state index contributed by atoms with van der Waals surface area (Å²) in [6, 6.07) is 15.1. The van der Waals surface area contributed by atoms with Gasteiger partial charge in [0.05, 0.1) is 38.1 Å². The lowest BCUT2D eigenvalue weighted by Crippen LogP contribution is -2.40. The summed E-state index contributed by atoms with van der Waals surface area (Å²) in [4.78, 5) is 25.8. The number of benzene rings is 2. The van der Waals surface area contributed by atoms with Crippen LogP contribution in [0, 0.1) is 5.92 Å². The van der Waals surface area contributed by atoms with Crippen LogP contribution in [0.15, 0.2) is 54.7 Å². The van der Waals surface area contributed by atoms with Gasteiger partial charge in [0.15, 0.2) is 11.5 Å². The lowest BCUT2D eigenvalue weighted by atomic mass is 9.93. The van der Waals surface area contributed by atoms with Gasteiger partial charge < -0.3 is 33.9 Å². The molecule has 2 aliphatic heterocycles. The van der Waals surface area contributed by atoms with E-state index in [4.69, 9.17) is 30.9 Å². The molecule has 0 aliphatic carbocycles. The van der Waals surface area contributed by atoms with Gasteiger partial charge in [0.1, 0.15) is 12.2 Å². The van der Waals surface area contributed by atoms with Crippen LogP contribution < -0.4 is 9.47 Å². The van der Waals surface area contributed by atoms with Crippen molar-refractivity contribution in [1.29, 1.82) is 0 Å². The predicted octanol–water partition coefficient (Wildman–Crippen LogP) is 5.16. The number of aliphatic carboxylic acids is 1. The molecule has 10 heteroatoms. The van der Waals surface area contributed by atoms with Gasteiger partial charge in [0, 0.05) is 48.3 Å². The number of rotatable bonds is 9. The molecule has 2 aliphatic rings. The molecule has 3 heterocycles. The number of hydrogen-bond donors (Lipinski definition) is 2. The Morgan fingerprint density at radius 3 is 2.56 bits per heavy atom. The first kappa shape index (κ1) is 29.0. The number of carboxylic acids is 1. The van der Waals surface area contributed by atoms with Gasteiger partial charge in [-0.25, -0.2) is 0 Å². The van der Waals surface area contributed by atoms with Crippen molar-refractivity contribution in [2.75, 3.05) is 27.3 Å². The molecule has 5 rings (SSSR count). The molecule has 1 unspecified atom stereocenters. The summed E-state index contributed by atoms with van der Waals surface area (Å²) >= 11 is 6.47. The van der Waals surface area contributed by atoms with Crippen LogP contribution in [-0.4, -0.2) is 65.0 Å². The molecule has 0 spiro atoms. The van der Waals surface area contributed by atoms with Crippen molar-refractivity contribution in [1.82, 2.24) is 9.47 Å². The first-order valence-electron chi connectivity index (χ1n) is 13.8. The quantitative estimate of drug-likeness (QED) is 0.358. The number of methoxy groups -OCH3 is 2. The number of fused-ring (bicyclic) bond motifs is 3. The van der Waals surface area contributed by atoms with E-state index in [1.165, 1.54) is 0 Å². The first-order chi connectivity index (χ1) is 19.8. The topological polar surface area (TPSA) is 110 Å². The number of likely N-dealkylation sites (tertiary alicyclic amines) is 1. The van der Waals surface area contributed by atoms with E-state index in [0.29, 0.717) is 42.5 Å². The number of carboxylic acid groups (broad SMARTS) is 1. The van der Waals surface area contributed by atoms with Crippen LogP contribution in [0.5, 0.6) is 11.5 Å². The Morgan fingerprint density at radius 1 is 1.07 bits per heavy atom. The summed E-state index contributed by atoms with van der Waals surface area (Å²) in [7, 11) is 3.16. The Bertz CT molecular complexity index is 1400. The third kappa shape index (κ3) is 6.22. The van der Waals surface area contributed by atoms with Crippen LogP contribution in [0.1, 0.15) is 61.1 Å². The minimum absolute atomic E-state index is 0.0455. The SMILES string of the molecule is COc1cccc([C@H]2O[C@H](CC(O)CC(=O)N3CCC(CC(=O)O)CC3)c3cccn3-c3ccc(Cl)cc32)c1OC. The fourth-order valence-electron chi connectivity index (χ4n) is 5.97. The molecular formula is C31H35ClN2O7. The number of halogens is 1. The zero-order valence-corrected chi connectivity index (χ0v) is 23.9. The molecule has 1 fully saturated rings. The number of piperidine rings is 1. The van der Waals surface area contributed by atoms with E-state index in [9.17, 15) is 14.7 Å². The van der Waals surface area contributed by atoms with Crippen LogP contribution in [-0.2, 0) is 14.3 Å². The maximum Gasteiger partial charge on any atom is 0.303 e. The second kappa shape index (κ2) is 12.5. The Hall–Kier alpha value is -3.53. The summed E-state index contributed by atoms with van der Waals surface area (Å²) in [5, 5.41) is 20.8. The standard InChI is InChI=1S/C31H35ClN2O7/c1-39-26-7-3-5-22(31(26)40-2)30-23-16-20(32)8-9-24(23)34-12-4-6-25(34)27(41-30)17-21(35)18-28(36)33-13-10-19(11-14-33)15-29(37)38/h3-9,12,16,19,21,27,30,35H,10-11,13-15,17-18H2,1-2H3,(H,37,38)/t21?,27-,30-/m1/s1. The van der Waals surface area contributed by atoms with Crippen LogP contribution >= 0.6 is 11.6 Å². The van der Waals surface area contributed by atoms with Crippen molar-refractivity contribution in [3.05, 3.63) is 76.6 Å². The number of aromatic nitrogens is 1. The maximum absolute atomic E-state index is 13.1.